The van der Waals surface area contributed by atoms with Gasteiger partial charge in [0.2, 0.25) is 5.91 Å². The number of esters is 1. The van der Waals surface area contributed by atoms with Crippen molar-refractivity contribution in [2.24, 2.45) is 0 Å². The third kappa shape index (κ3) is 4.32. The molecule has 0 saturated carbocycles. The first-order valence-electron chi connectivity index (χ1n) is 5.98. The normalized spacial score (nSPS) is 20.9. The number of hydrogen-bond acceptors (Lipinski definition) is 5. The molecule has 1 aliphatic rings. The fraction of sp³-hybridized carbons (Fsp3) is 0.818. The van der Waals surface area contributed by atoms with Gasteiger partial charge in [0, 0.05) is 32.7 Å². The number of nitrogens with one attached hydrogen (secondary N) is 2. The minimum atomic E-state index is -0.238. The van der Waals surface area contributed by atoms with Gasteiger partial charge in [-0.15, -0.1) is 0 Å². The van der Waals surface area contributed by atoms with Crippen LogP contribution in [0, 0.1) is 0 Å². The Bertz CT molecular complexity index is 271. The molecule has 1 unspecified atom stereocenters. The number of methoxy groups -OCH3 is 1. The first kappa shape index (κ1) is 13.9. The molecule has 0 bridgehead atoms. The van der Waals surface area contributed by atoms with Gasteiger partial charge >= 0.3 is 5.97 Å². The van der Waals surface area contributed by atoms with Crippen LogP contribution >= 0.6 is 0 Å². The molecule has 1 atom stereocenters. The SMILES string of the molecule is CCNC(=O)C1CNCCN1CCC(=O)OC. The smallest absolute Gasteiger partial charge is 0.306 e. The molecule has 1 amide bonds. The number of amides is 1. The average Bonchev–Trinajstić information content (AvgIpc) is 2.36. The van der Waals surface area contributed by atoms with Gasteiger partial charge in [0.15, 0.2) is 0 Å². The second kappa shape index (κ2) is 7.24. The highest BCUT2D eigenvalue weighted by molar-refractivity contribution is 5.82. The van der Waals surface area contributed by atoms with Crippen LogP contribution in [0.3, 0.4) is 0 Å². The Morgan fingerprint density at radius 2 is 2.29 bits per heavy atom. The van der Waals surface area contributed by atoms with Gasteiger partial charge in [-0.1, -0.05) is 0 Å². The van der Waals surface area contributed by atoms with Crippen molar-refractivity contribution in [1.82, 2.24) is 15.5 Å². The van der Waals surface area contributed by atoms with Crippen molar-refractivity contribution < 1.29 is 14.3 Å². The number of carbonyl (C=O) groups excluding carboxylic acids is 2. The number of rotatable bonds is 5. The summed E-state index contributed by atoms with van der Waals surface area (Å²) in [6.45, 7) is 5.34. The van der Waals surface area contributed by atoms with E-state index in [2.05, 4.69) is 15.4 Å². The van der Waals surface area contributed by atoms with Crippen molar-refractivity contribution in [3.8, 4) is 0 Å². The molecule has 1 fully saturated rings. The Morgan fingerprint density at radius 3 is 2.94 bits per heavy atom. The van der Waals surface area contributed by atoms with Gasteiger partial charge in [-0.2, -0.15) is 0 Å². The first-order chi connectivity index (χ1) is 8.19. The van der Waals surface area contributed by atoms with E-state index in [4.69, 9.17) is 0 Å². The van der Waals surface area contributed by atoms with Crippen molar-refractivity contribution in [3.05, 3.63) is 0 Å². The second-order valence-electron chi connectivity index (χ2n) is 3.98. The lowest BCUT2D eigenvalue weighted by Gasteiger charge is -2.34. The molecule has 6 nitrogen and oxygen atoms in total. The van der Waals surface area contributed by atoms with E-state index in [1.165, 1.54) is 7.11 Å². The summed E-state index contributed by atoms with van der Waals surface area (Å²) in [5.74, 6) is -0.220. The molecule has 0 aromatic heterocycles. The van der Waals surface area contributed by atoms with E-state index in [1.807, 2.05) is 11.8 Å². The monoisotopic (exact) mass is 243 g/mol. The fourth-order valence-electron chi connectivity index (χ4n) is 1.90. The highest BCUT2D eigenvalue weighted by Gasteiger charge is 2.28. The van der Waals surface area contributed by atoms with Crippen molar-refractivity contribution in [2.75, 3.05) is 39.8 Å². The van der Waals surface area contributed by atoms with E-state index in [1.54, 1.807) is 0 Å². The summed E-state index contributed by atoms with van der Waals surface area (Å²) < 4.78 is 4.60. The van der Waals surface area contributed by atoms with E-state index in [0.29, 0.717) is 26.1 Å². The summed E-state index contributed by atoms with van der Waals surface area (Å²) in [7, 11) is 1.38. The van der Waals surface area contributed by atoms with Crippen LogP contribution in [0.2, 0.25) is 0 Å². The summed E-state index contributed by atoms with van der Waals surface area (Å²) in [4.78, 5) is 24.9. The standard InChI is InChI=1S/C11H21N3O3/c1-3-13-11(16)9-8-12-5-7-14(9)6-4-10(15)17-2/h9,12H,3-8H2,1-2H3,(H,13,16). The van der Waals surface area contributed by atoms with Gasteiger partial charge in [-0.3, -0.25) is 14.5 Å². The summed E-state index contributed by atoms with van der Waals surface area (Å²) in [5.41, 5.74) is 0. The molecule has 1 aliphatic heterocycles. The molecule has 1 saturated heterocycles. The van der Waals surface area contributed by atoms with Crippen LogP contribution in [0.25, 0.3) is 0 Å². The maximum atomic E-state index is 11.8. The van der Waals surface area contributed by atoms with Gasteiger partial charge in [-0.25, -0.2) is 0 Å². The number of piperazine rings is 1. The summed E-state index contributed by atoms with van der Waals surface area (Å²) in [6, 6.07) is -0.187. The van der Waals surface area contributed by atoms with Gasteiger partial charge in [0.05, 0.1) is 13.5 Å². The fourth-order valence-corrected chi connectivity index (χ4v) is 1.90. The zero-order valence-corrected chi connectivity index (χ0v) is 10.5. The Labute approximate surface area is 102 Å². The molecule has 0 aliphatic carbocycles. The van der Waals surface area contributed by atoms with E-state index in [9.17, 15) is 9.59 Å². The predicted molar refractivity (Wildman–Crippen MR) is 63.5 cm³/mol. The number of ether oxygens (including phenoxy) is 1. The van der Waals surface area contributed by atoms with Crippen molar-refractivity contribution in [1.29, 1.82) is 0 Å². The molecule has 0 spiro atoms. The third-order valence-corrected chi connectivity index (χ3v) is 2.84. The molecule has 1 heterocycles. The highest BCUT2D eigenvalue weighted by Crippen LogP contribution is 2.05. The van der Waals surface area contributed by atoms with E-state index >= 15 is 0 Å². The number of likely N-dealkylation sites (N-methyl/N-ethyl adjacent to an activating group) is 1. The summed E-state index contributed by atoms with van der Waals surface area (Å²) in [6.07, 6.45) is 0.326. The lowest BCUT2D eigenvalue weighted by molar-refractivity contribution is -0.141. The molecule has 1 rings (SSSR count). The van der Waals surface area contributed by atoms with Crippen LogP contribution in [0.15, 0.2) is 0 Å². The van der Waals surface area contributed by atoms with Gasteiger partial charge in [0.25, 0.3) is 0 Å². The third-order valence-electron chi connectivity index (χ3n) is 2.84. The average molecular weight is 243 g/mol. The maximum Gasteiger partial charge on any atom is 0.306 e. The first-order valence-corrected chi connectivity index (χ1v) is 5.98. The second-order valence-corrected chi connectivity index (χ2v) is 3.98. The molecule has 2 N–H and O–H groups in total. The Hall–Kier alpha value is -1.14. The molecule has 0 aromatic carbocycles. The van der Waals surface area contributed by atoms with Gasteiger partial charge in [0.1, 0.15) is 6.04 Å². The summed E-state index contributed by atoms with van der Waals surface area (Å²) in [5, 5.41) is 6.00. The molecule has 17 heavy (non-hydrogen) atoms. The van der Waals surface area contributed by atoms with Crippen molar-refractivity contribution in [2.45, 2.75) is 19.4 Å². The topological polar surface area (TPSA) is 70.7 Å². The van der Waals surface area contributed by atoms with Crippen LogP contribution in [0.4, 0.5) is 0 Å². The minimum absolute atomic E-state index is 0.0181. The Kier molecular flexibility index (Phi) is 5.93. The van der Waals surface area contributed by atoms with E-state index in [-0.39, 0.29) is 17.9 Å². The zero-order valence-electron chi connectivity index (χ0n) is 10.5. The zero-order chi connectivity index (χ0) is 12.7. The molecule has 6 heteroatoms. The Balaban J connectivity index is 2.47. The molecule has 0 radical (unpaired) electrons. The minimum Gasteiger partial charge on any atom is -0.469 e. The number of hydrogen-bond donors (Lipinski definition) is 2. The molecule has 0 aromatic rings. The van der Waals surface area contributed by atoms with Gasteiger partial charge in [-0.05, 0) is 6.92 Å². The van der Waals surface area contributed by atoms with E-state index in [0.717, 1.165) is 13.1 Å². The predicted octanol–water partition coefficient (Wildman–Crippen LogP) is -1.04. The van der Waals surface area contributed by atoms with Crippen LogP contribution in [0.5, 0.6) is 0 Å². The molecule has 98 valence electrons. The molecular formula is C11H21N3O3. The van der Waals surface area contributed by atoms with Crippen LogP contribution in [0.1, 0.15) is 13.3 Å². The van der Waals surface area contributed by atoms with Crippen LogP contribution in [-0.2, 0) is 14.3 Å². The number of nitrogens with zero attached hydrogens (tertiary/aromatic N) is 1. The van der Waals surface area contributed by atoms with E-state index < -0.39 is 0 Å². The quantitative estimate of drug-likeness (QED) is 0.604. The van der Waals surface area contributed by atoms with Crippen LogP contribution < -0.4 is 10.6 Å². The van der Waals surface area contributed by atoms with Crippen molar-refractivity contribution >= 4 is 11.9 Å². The van der Waals surface area contributed by atoms with Crippen molar-refractivity contribution in [3.63, 3.8) is 0 Å². The molecular weight excluding hydrogens is 222 g/mol. The summed E-state index contributed by atoms with van der Waals surface area (Å²) >= 11 is 0. The number of carbonyl (C=O) groups is 2. The Morgan fingerprint density at radius 1 is 1.53 bits per heavy atom. The lowest BCUT2D eigenvalue weighted by atomic mass is 10.1. The lowest BCUT2D eigenvalue weighted by Crippen LogP contribution is -2.58. The highest BCUT2D eigenvalue weighted by atomic mass is 16.5. The largest absolute Gasteiger partial charge is 0.469 e. The van der Waals surface area contributed by atoms with Gasteiger partial charge < -0.3 is 15.4 Å². The van der Waals surface area contributed by atoms with Crippen LogP contribution in [-0.4, -0.2) is 62.7 Å². The maximum absolute atomic E-state index is 11.8.